The Morgan fingerprint density at radius 1 is 0.929 bits per heavy atom. The first-order valence-corrected chi connectivity index (χ1v) is 9.96. The van der Waals surface area contributed by atoms with E-state index in [1.54, 1.807) is 4.90 Å². The van der Waals surface area contributed by atoms with Gasteiger partial charge in [-0.2, -0.15) is 0 Å². The molecule has 5 nitrogen and oxygen atoms in total. The van der Waals surface area contributed by atoms with Crippen molar-refractivity contribution in [2.24, 2.45) is 17.8 Å². The molecule has 1 amide bonds. The SMILES string of the molecule is O=C(O)C1C2CCC1CN(C(=O)OCC1c3ccccc3-c3ccccc31)C2. The van der Waals surface area contributed by atoms with Crippen molar-refractivity contribution in [3.8, 4) is 11.1 Å². The summed E-state index contributed by atoms with van der Waals surface area (Å²) in [4.78, 5) is 25.9. The Morgan fingerprint density at radius 2 is 1.46 bits per heavy atom. The molecular weight excluding hydrogens is 354 g/mol. The first kappa shape index (κ1) is 17.3. The molecule has 1 heterocycles. The minimum atomic E-state index is -0.723. The summed E-state index contributed by atoms with van der Waals surface area (Å²) in [5, 5.41) is 9.44. The number of nitrogens with zero attached hydrogens (tertiary/aromatic N) is 1. The molecule has 5 rings (SSSR count). The van der Waals surface area contributed by atoms with E-state index in [2.05, 4.69) is 24.3 Å². The maximum absolute atomic E-state index is 12.7. The van der Waals surface area contributed by atoms with Gasteiger partial charge in [-0.25, -0.2) is 4.79 Å². The number of benzene rings is 2. The predicted octanol–water partition coefficient (Wildman–Crippen LogP) is 3.98. The Balaban J connectivity index is 1.30. The number of carbonyl (C=O) groups is 2. The van der Waals surface area contributed by atoms with Crippen molar-refractivity contribution in [1.82, 2.24) is 4.90 Å². The van der Waals surface area contributed by atoms with Crippen molar-refractivity contribution in [2.45, 2.75) is 18.8 Å². The molecule has 2 bridgehead atoms. The number of carboxylic acids is 1. The second kappa shape index (κ2) is 6.66. The first-order valence-electron chi connectivity index (χ1n) is 9.96. The van der Waals surface area contributed by atoms with Crippen molar-refractivity contribution in [2.75, 3.05) is 19.7 Å². The number of carboxylic acid groups (broad SMARTS) is 1. The van der Waals surface area contributed by atoms with Gasteiger partial charge in [-0.1, -0.05) is 48.5 Å². The molecule has 1 saturated carbocycles. The highest BCUT2D eigenvalue weighted by molar-refractivity contribution is 5.79. The van der Waals surface area contributed by atoms with Gasteiger partial charge in [0.15, 0.2) is 0 Å². The number of aliphatic carboxylic acids is 1. The third-order valence-electron chi connectivity index (χ3n) is 6.71. The normalized spacial score (nSPS) is 25.3. The number of amides is 1. The van der Waals surface area contributed by atoms with Crippen LogP contribution in [-0.4, -0.2) is 41.8 Å². The molecule has 144 valence electrons. The van der Waals surface area contributed by atoms with Crippen LogP contribution in [0.1, 0.15) is 29.9 Å². The van der Waals surface area contributed by atoms with Gasteiger partial charge in [-0.05, 0) is 46.9 Å². The fourth-order valence-electron chi connectivity index (χ4n) is 5.46. The molecule has 2 aromatic carbocycles. The van der Waals surface area contributed by atoms with Crippen molar-refractivity contribution in [3.63, 3.8) is 0 Å². The van der Waals surface area contributed by atoms with Gasteiger partial charge in [-0.3, -0.25) is 4.79 Å². The van der Waals surface area contributed by atoms with Gasteiger partial charge in [0.1, 0.15) is 6.61 Å². The lowest BCUT2D eigenvalue weighted by atomic mass is 9.85. The average Bonchev–Trinajstić information content (AvgIpc) is 3.17. The summed E-state index contributed by atoms with van der Waals surface area (Å²) in [5.41, 5.74) is 4.81. The largest absolute Gasteiger partial charge is 0.481 e. The third-order valence-corrected chi connectivity index (χ3v) is 6.71. The maximum Gasteiger partial charge on any atom is 0.409 e. The third kappa shape index (κ3) is 2.68. The van der Waals surface area contributed by atoms with Gasteiger partial charge < -0.3 is 14.7 Å². The molecule has 0 aromatic heterocycles. The Labute approximate surface area is 163 Å². The van der Waals surface area contributed by atoms with Crippen molar-refractivity contribution < 1.29 is 19.4 Å². The molecule has 28 heavy (non-hydrogen) atoms. The standard InChI is InChI=1S/C23H23NO4/c25-22(26)21-14-9-10-15(21)12-24(11-14)23(27)28-13-20-18-7-3-1-5-16(18)17-6-2-4-8-19(17)20/h1-8,14-15,20-21H,9-13H2,(H,25,26). The van der Waals surface area contributed by atoms with Crippen LogP contribution in [0.25, 0.3) is 11.1 Å². The van der Waals surface area contributed by atoms with Crippen LogP contribution in [-0.2, 0) is 9.53 Å². The monoisotopic (exact) mass is 377 g/mol. The highest BCUT2D eigenvalue weighted by Gasteiger charge is 2.47. The van der Waals surface area contributed by atoms with Crippen LogP contribution in [0.3, 0.4) is 0 Å². The topological polar surface area (TPSA) is 66.8 Å². The summed E-state index contributed by atoms with van der Waals surface area (Å²) in [6, 6.07) is 16.5. The molecule has 2 unspecified atom stereocenters. The average molecular weight is 377 g/mol. The van der Waals surface area contributed by atoms with Gasteiger partial charge >= 0.3 is 12.1 Å². The lowest BCUT2D eigenvalue weighted by Crippen LogP contribution is -2.47. The van der Waals surface area contributed by atoms with Crippen LogP contribution in [0.15, 0.2) is 48.5 Å². The van der Waals surface area contributed by atoms with E-state index in [1.165, 1.54) is 22.3 Å². The number of hydrogen-bond acceptors (Lipinski definition) is 3. The molecule has 2 aliphatic carbocycles. The first-order chi connectivity index (χ1) is 13.6. The number of piperidine rings is 1. The smallest absolute Gasteiger partial charge is 0.409 e. The fraction of sp³-hybridized carbons (Fsp3) is 0.391. The van der Waals surface area contributed by atoms with E-state index >= 15 is 0 Å². The van der Waals surface area contributed by atoms with Gasteiger partial charge in [0.05, 0.1) is 5.92 Å². The molecule has 1 N–H and O–H groups in total. The molecule has 1 saturated heterocycles. The zero-order valence-electron chi connectivity index (χ0n) is 15.6. The second-order valence-electron chi connectivity index (χ2n) is 8.17. The van der Waals surface area contributed by atoms with Crippen molar-refractivity contribution in [3.05, 3.63) is 59.7 Å². The van der Waals surface area contributed by atoms with Crippen LogP contribution in [0, 0.1) is 17.8 Å². The summed E-state index contributed by atoms with van der Waals surface area (Å²) < 4.78 is 5.74. The summed E-state index contributed by atoms with van der Waals surface area (Å²) in [5.74, 6) is -0.879. The Morgan fingerprint density at radius 3 is 2.00 bits per heavy atom. The van der Waals surface area contributed by atoms with E-state index in [4.69, 9.17) is 4.74 Å². The van der Waals surface area contributed by atoms with Gasteiger partial charge in [0.25, 0.3) is 0 Å². The molecule has 1 aliphatic heterocycles. The molecule has 2 fully saturated rings. The quantitative estimate of drug-likeness (QED) is 0.879. The van der Waals surface area contributed by atoms with Crippen LogP contribution >= 0.6 is 0 Å². The summed E-state index contributed by atoms with van der Waals surface area (Å²) in [6.07, 6.45) is 1.45. The molecule has 5 heteroatoms. The number of hydrogen-bond donors (Lipinski definition) is 1. The minimum absolute atomic E-state index is 0.0460. The van der Waals surface area contributed by atoms with E-state index in [0.717, 1.165) is 12.8 Å². The predicted molar refractivity (Wildman–Crippen MR) is 104 cm³/mol. The van der Waals surface area contributed by atoms with Crippen molar-refractivity contribution in [1.29, 1.82) is 0 Å². The van der Waals surface area contributed by atoms with E-state index in [0.29, 0.717) is 19.7 Å². The summed E-state index contributed by atoms with van der Waals surface area (Å²) in [7, 11) is 0. The molecule has 2 atom stereocenters. The van der Waals surface area contributed by atoms with Crippen LogP contribution in [0.5, 0.6) is 0 Å². The molecular formula is C23H23NO4. The van der Waals surface area contributed by atoms with Crippen molar-refractivity contribution >= 4 is 12.1 Å². The second-order valence-corrected chi connectivity index (χ2v) is 8.17. The minimum Gasteiger partial charge on any atom is -0.481 e. The number of carbonyl (C=O) groups excluding carboxylic acids is 1. The fourth-order valence-corrected chi connectivity index (χ4v) is 5.46. The summed E-state index contributed by atoms with van der Waals surface area (Å²) >= 11 is 0. The molecule has 2 aromatic rings. The van der Waals surface area contributed by atoms with E-state index in [-0.39, 0.29) is 29.8 Å². The Kier molecular flexibility index (Phi) is 4.11. The number of likely N-dealkylation sites (tertiary alicyclic amines) is 1. The summed E-state index contributed by atoms with van der Waals surface area (Å²) in [6.45, 7) is 1.29. The molecule has 0 radical (unpaired) electrons. The number of rotatable bonds is 3. The van der Waals surface area contributed by atoms with Crippen LogP contribution < -0.4 is 0 Å². The number of ether oxygens (including phenoxy) is 1. The highest BCUT2D eigenvalue weighted by atomic mass is 16.6. The van der Waals surface area contributed by atoms with Gasteiger partial charge in [0.2, 0.25) is 0 Å². The Hall–Kier alpha value is -2.82. The van der Waals surface area contributed by atoms with E-state index < -0.39 is 5.97 Å². The maximum atomic E-state index is 12.7. The Bertz CT molecular complexity index is 880. The van der Waals surface area contributed by atoms with Crippen LogP contribution in [0.2, 0.25) is 0 Å². The zero-order valence-corrected chi connectivity index (χ0v) is 15.6. The highest BCUT2D eigenvalue weighted by Crippen LogP contribution is 2.45. The zero-order chi connectivity index (χ0) is 19.3. The van der Waals surface area contributed by atoms with E-state index in [9.17, 15) is 14.7 Å². The van der Waals surface area contributed by atoms with Gasteiger partial charge in [-0.15, -0.1) is 0 Å². The lowest BCUT2D eigenvalue weighted by molar-refractivity contribution is -0.146. The molecule has 3 aliphatic rings. The number of fused-ring (bicyclic) bond motifs is 5. The van der Waals surface area contributed by atoms with Crippen LogP contribution in [0.4, 0.5) is 4.79 Å². The lowest BCUT2D eigenvalue weighted by Gasteiger charge is -2.35. The van der Waals surface area contributed by atoms with Gasteiger partial charge in [0, 0.05) is 19.0 Å². The van der Waals surface area contributed by atoms with E-state index in [1.807, 2.05) is 24.3 Å². The molecule has 0 spiro atoms.